The lowest BCUT2D eigenvalue weighted by atomic mass is 9.69. The van der Waals surface area contributed by atoms with Gasteiger partial charge < -0.3 is 5.11 Å². The van der Waals surface area contributed by atoms with Gasteiger partial charge in [0.15, 0.2) is 0 Å². The molecule has 0 amide bonds. The highest BCUT2D eigenvalue weighted by Gasteiger charge is 2.37. The van der Waals surface area contributed by atoms with Crippen molar-refractivity contribution in [1.82, 2.24) is 0 Å². The Morgan fingerprint density at radius 3 is 2.31 bits per heavy atom. The Kier molecular flexibility index (Phi) is 2.56. The number of rotatable bonds is 3. The first kappa shape index (κ1) is 9.04. The van der Waals surface area contributed by atoms with Crippen LogP contribution in [0.3, 0.4) is 0 Å². The SMILES string of the molecule is O=C(O)C1CCC1CC1CCCC1. The zero-order valence-electron chi connectivity index (χ0n) is 8.04. The third-order valence-electron chi connectivity index (χ3n) is 3.85. The van der Waals surface area contributed by atoms with Gasteiger partial charge in [0.25, 0.3) is 0 Å². The zero-order valence-corrected chi connectivity index (χ0v) is 8.04. The standard InChI is InChI=1S/C11H18O2/c12-11(13)10-6-5-9(10)7-8-3-1-2-4-8/h8-10H,1-7H2,(H,12,13). The first-order chi connectivity index (χ1) is 6.27. The van der Waals surface area contributed by atoms with E-state index in [1.807, 2.05) is 0 Å². The van der Waals surface area contributed by atoms with Crippen LogP contribution in [0.15, 0.2) is 0 Å². The van der Waals surface area contributed by atoms with Crippen LogP contribution in [0.25, 0.3) is 0 Å². The highest BCUT2D eigenvalue weighted by atomic mass is 16.4. The molecule has 0 spiro atoms. The Morgan fingerprint density at radius 1 is 1.15 bits per heavy atom. The first-order valence-corrected chi connectivity index (χ1v) is 5.50. The van der Waals surface area contributed by atoms with Crippen LogP contribution in [-0.2, 0) is 4.79 Å². The molecule has 0 aromatic heterocycles. The second-order valence-electron chi connectivity index (χ2n) is 4.67. The molecule has 2 nitrogen and oxygen atoms in total. The summed E-state index contributed by atoms with van der Waals surface area (Å²) < 4.78 is 0. The van der Waals surface area contributed by atoms with Crippen LogP contribution in [-0.4, -0.2) is 11.1 Å². The van der Waals surface area contributed by atoms with Crippen molar-refractivity contribution >= 4 is 5.97 Å². The Bertz CT molecular complexity index is 194. The molecule has 0 aromatic carbocycles. The van der Waals surface area contributed by atoms with Crippen molar-refractivity contribution in [2.24, 2.45) is 17.8 Å². The summed E-state index contributed by atoms with van der Waals surface area (Å²) in [4.78, 5) is 10.8. The van der Waals surface area contributed by atoms with Gasteiger partial charge >= 0.3 is 5.97 Å². The molecule has 2 fully saturated rings. The lowest BCUT2D eigenvalue weighted by Crippen LogP contribution is -2.33. The predicted octanol–water partition coefficient (Wildman–Crippen LogP) is 2.68. The van der Waals surface area contributed by atoms with Gasteiger partial charge in [-0.25, -0.2) is 0 Å². The van der Waals surface area contributed by atoms with E-state index in [0.29, 0.717) is 5.92 Å². The fourth-order valence-electron chi connectivity index (χ4n) is 2.85. The average Bonchev–Trinajstić information content (AvgIpc) is 2.48. The molecule has 2 unspecified atom stereocenters. The maximum Gasteiger partial charge on any atom is 0.306 e. The van der Waals surface area contributed by atoms with Gasteiger partial charge in [0.05, 0.1) is 5.92 Å². The third-order valence-corrected chi connectivity index (χ3v) is 3.85. The van der Waals surface area contributed by atoms with Crippen molar-refractivity contribution in [3.63, 3.8) is 0 Å². The maximum atomic E-state index is 10.8. The number of carboxylic acids is 1. The minimum Gasteiger partial charge on any atom is -0.481 e. The van der Waals surface area contributed by atoms with Gasteiger partial charge in [-0.1, -0.05) is 25.7 Å². The van der Waals surface area contributed by atoms with Gasteiger partial charge in [0, 0.05) is 0 Å². The minimum absolute atomic E-state index is 0.000556. The molecule has 2 heteroatoms. The Balaban J connectivity index is 1.78. The monoisotopic (exact) mass is 182 g/mol. The first-order valence-electron chi connectivity index (χ1n) is 5.50. The largest absolute Gasteiger partial charge is 0.481 e. The third kappa shape index (κ3) is 1.87. The van der Waals surface area contributed by atoms with E-state index in [1.165, 1.54) is 32.1 Å². The van der Waals surface area contributed by atoms with Crippen molar-refractivity contribution in [1.29, 1.82) is 0 Å². The summed E-state index contributed by atoms with van der Waals surface area (Å²) in [6, 6.07) is 0. The van der Waals surface area contributed by atoms with Crippen LogP contribution < -0.4 is 0 Å². The van der Waals surface area contributed by atoms with Gasteiger partial charge in [0.1, 0.15) is 0 Å². The lowest BCUT2D eigenvalue weighted by molar-refractivity contribution is -0.148. The number of carboxylic acid groups (broad SMARTS) is 1. The van der Waals surface area contributed by atoms with Gasteiger partial charge in [-0.3, -0.25) is 4.79 Å². The molecular weight excluding hydrogens is 164 g/mol. The topological polar surface area (TPSA) is 37.3 Å². The summed E-state index contributed by atoms with van der Waals surface area (Å²) in [6.07, 6.45) is 8.72. The Hall–Kier alpha value is -0.530. The molecule has 0 radical (unpaired) electrons. The molecular formula is C11H18O2. The van der Waals surface area contributed by atoms with E-state index >= 15 is 0 Å². The highest BCUT2D eigenvalue weighted by molar-refractivity contribution is 5.71. The van der Waals surface area contributed by atoms with Crippen molar-refractivity contribution in [2.45, 2.75) is 44.9 Å². The van der Waals surface area contributed by atoms with Gasteiger partial charge in [0.2, 0.25) is 0 Å². The minimum atomic E-state index is -0.561. The molecule has 2 atom stereocenters. The van der Waals surface area contributed by atoms with E-state index < -0.39 is 5.97 Å². The summed E-state index contributed by atoms with van der Waals surface area (Å²) in [5.74, 6) is 0.808. The number of carbonyl (C=O) groups is 1. The fraction of sp³-hybridized carbons (Fsp3) is 0.909. The summed E-state index contributed by atoms with van der Waals surface area (Å²) >= 11 is 0. The van der Waals surface area contributed by atoms with E-state index in [4.69, 9.17) is 5.11 Å². The lowest BCUT2D eigenvalue weighted by Gasteiger charge is -2.35. The molecule has 0 bridgehead atoms. The fourth-order valence-corrected chi connectivity index (χ4v) is 2.85. The van der Waals surface area contributed by atoms with E-state index in [0.717, 1.165) is 18.8 Å². The quantitative estimate of drug-likeness (QED) is 0.728. The molecule has 0 aliphatic heterocycles. The van der Waals surface area contributed by atoms with Crippen LogP contribution >= 0.6 is 0 Å². The van der Waals surface area contributed by atoms with Crippen LogP contribution in [0.4, 0.5) is 0 Å². The molecule has 13 heavy (non-hydrogen) atoms. The normalized spacial score (nSPS) is 34.5. The number of hydrogen-bond acceptors (Lipinski definition) is 1. The second-order valence-corrected chi connectivity index (χ2v) is 4.67. The van der Waals surface area contributed by atoms with Gasteiger partial charge in [-0.15, -0.1) is 0 Å². The van der Waals surface area contributed by atoms with Gasteiger partial charge in [-0.2, -0.15) is 0 Å². The molecule has 2 aliphatic carbocycles. The number of hydrogen-bond donors (Lipinski definition) is 1. The van der Waals surface area contributed by atoms with Crippen molar-refractivity contribution in [3.8, 4) is 0 Å². The molecule has 1 N–H and O–H groups in total. The van der Waals surface area contributed by atoms with Crippen molar-refractivity contribution < 1.29 is 9.90 Å². The molecule has 0 heterocycles. The van der Waals surface area contributed by atoms with Crippen molar-refractivity contribution in [3.05, 3.63) is 0 Å². The van der Waals surface area contributed by atoms with E-state index in [2.05, 4.69) is 0 Å². The van der Waals surface area contributed by atoms with E-state index in [9.17, 15) is 4.79 Å². The molecule has 0 saturated heterocycles. The summed E-state index contributed by atoms with van der Waals surface area (Å²) in [7, 11) is 0. The summed E-state index contributed by atoms with van der Waals surface area (Å²) in [5, 5.41) is 8.88. The van der Waals surface area contributed by atoms with Crippen LogP contribution in [0.2, 0.25) is 0 Å². The molecule has 0 aromatic rings. The smallest absolute Gasteiger partial charge is 0.306 e. The molecule has 2 aliphatic rings. The van der Waals surface area contributed by atoms with Crippen molar-refractivity contribution in [2.75, 3.05) is 0 Å². The zero-order chi connectivity index (χ0) is 9.26. The van der Waals surface area contributed by atoms with E-state index in [-0.39, 0.29) is 5.92 Å². The molecule has 2 saturated carbocycles. The van der Waals surface area contributed by atoms with E-state index in [1.54, 1.807) is 0 Å². The van der Waals surface area contributed by atoms with Crippen LogP contribution in [0.5, 0.6) is 0 Å². The van der Waals surface area contributed by atoms with Crippen LogP contribution in [0, 0.1) is 17.8 Å². The average molecular weight is 182 g/mol. The highest BCUT2D eigenvalue weighted by Crippen LogP contribution is 2.42. The predicted molar refractivity (Wildman–Crippen MR) is 50.4 cm³/mol. The second kappa shape index (κ2) is 3.69. The van der Waals surface area contributed by atoms with Crippen LogP contribution in [0.1, 0.15) is 44.9 Å². The van der Waals surface area contributed by atoms with Gasteiger partial charge in [-0.05, 0) is 31.1 Å². The number of aliphatic carboxylic acids is 1. The summed E-state index contributed by atoms with van der Waals surface area (Å²) in [6.45, 7) is 0. The Labute approximate surface area is 79.3 Å². The molecule has 2 rings (SSSR count). The maximum absolute atomic E-state index is 10.8. The Morgan fingerprint density at radius 2 is 1.85 bits per heavy atom. The summed E-state index contributed by atoms with van der Waals surface area (Å²) in [5.41, 5.74) is 0. The molecule has 74 valence electrons.